The number of halogens is 1. The van der Waals surface area contributed by atoms with Crippen LogP contribution in [0.2, 0.25) is 0 Å². The first-order chi connectivity index (χ1) is 6.31. The summed E-state index contributed by atoms with van der Waals surface area (Å²) in [6.45, 7) is 5.99. The summed E-state index contributed by atoms with van der Waals surface area (Å²) >= 11 is 0. The molecule has 0 fully saturated rings. The van der Waals surface area contributed by atoms with Gasteiger partial charge in [0, 0.05) is 6.42 Å². The second-order valence-electron chi connectivity index (χ2n) is 3.05. The summed E-state index contributed by atoms with van der Waals surface area (Å²) in [7, 11) is 0. The van der Waals surface area contributed by atoms with Gasteiger partial charge in [0.1, 0.15) is 0 Å². The third-order valence-electron chi connectivity index (χ3n) is 1.84. The van der Waals surface area contributed by atoms with Crippen LogP contribution in [-0.2, 0) is 9.53 Å². The summed E-state index contributed by atoms with van der Waals surface area (Å²) in [6, 6.07) is 0. The van der Waals surface area contributed by atoms with Crippen molar-refractivity contribution in [1.82, 2.24) is 0 Å². The standard InChI is InChI=1S/C11H20O2.ClH/c1-3-5-6-7-8-9-10-11(12)13-4-2;/h3H,1,4-10H2,2H3;1H. The van der Waals surface area contributed by atoms with Crippen LogP contribution in [0.3, 0.4) is 0 Å². The highest BCUT2D eigenvalue weighted by molar-refractivity contribution is 5.85. The average molecular weight is 221 g/mol. The Morgan fingerprint density at radius 1 is 1.29 bits per heavy atom. The van der Waals surface area contributed by atoms with Gasteiger partial charge in [-0.25, -0.2) is 0 Å². The van der Waals surface area contributed by atoms with Crippen molar-refractivity contribution in [1.29, 1.82) is 0 Å². The molecule has 2 nitrogen and oxygen atoms in total. The van der Waals surface area contributed by atoms with Gasteiger partial charge in [0.15, 0.2) is 0 Å². The van der Waals surface area contributed by atoms with Crippen molar-refractivity contribution >= 4 is 18.4 Å². The first-order valence-corrected chi connectivity index (χ1v) is 5.07. The Morgan fingerprint density at radius 2 is 1.93 bits per heavy atom. The maximum Gasteiger partial charge on any atom is 0.305 e. The number of rotatable bonds is 8. The van der Waals surface area contributed by atoms with Gasteiger partial charge in [-0.1, -0.05) is 18.9 Å². The molecule has 0 aliphatic rings. The molecular formula is C11H21ClO2. The van der Waals surface area contributed by atoms with Gasteiger partial charge in [-0.15, -0.1) is 19.0 Å². The molecule has 0 heterocycles. The van der Waals surface area contributed by atoms with Gasteiger partial charge >= 0.3 is 5.97 Å². The van der Waals surface area contributed by atoms with Crippen LogP contribution in [0.15, 0.2) is 12.7 Å². The zero-order valence-electron chi connectivity index (χ0n) is 8.96. The van der Waals surface area contributed by atoms with Gasteiger partial charge in [0.05, 0.1) is 6.61 Å². The number of carbonyl (C=O) groups is 1. The van der Waals surface area contributed by atoms with E-state index in [2.05, 4.69) is 6.58 Å². The molecule has 0 amide bonds. The SMILES string of the molecule is C=CCCCCCCC(=O)OCC.Cl. The van der Waals surface area contributed by atoms with Crippen molar-refractivity contribution in [3.63, 3.8) is 0 Å². The van der Waals surface area contributed by atoms with E-state index in [-0.39, 0.29) is 18.4 Å². The first-order valence-electron chi connectivity index (χ1n) is 5.07. The highest BCUT2D eigenvalue weighted by atomic mass is 35.5. The summed E-state index contributed by atoms with van der Waals surface area (Å²) in [4.78, 5) is 10.9. The van der Waals surface area contributed by atoms with E-state index in [9.17, 15) is 4.79 Å². The Bertz CT molecular complexity index is 146. The smallest absolute Gasteiger partial charge is 0.305 e. The van der Waals surface area contributed by atoms with Crippen LogP contribution in [-0.4, -0.2) is 12.6 Å². The van der Waals surface area contributed by atoms with Crippen molar-refractivity contribution in [2.75, 3.05) is 6.61 Å². The molecule has 0 atom stereocenters. The van der Waals surface area contributed by atoms with Crippen LogP contribution in [0.25, 0.3) is 0 Å². The number of hydrogen-bond acceptors (Lipinski definition) is 2. The molecule has 0 unspecified atom stereocenters. The molecule has 0 aliphatic heterocycles. The number of ether oxygens (including phenoxy) is 1. The molecule has 0 N–H and O–H groups in total. The molecular weight excluding hydrogens is 200 g/mol. The molecule has 0 aliphatic carbocycles. The van der Waals surface area contributed by atoms with E-state index in [4.69, 9.17) is 4.74 Å². The maximum atomic E-state index is 10.9. The van der Waals surface area contributed by atoms with Gasteiger partial charge in [-0.2, -0.15) is 0 Å². The molecule has 84 valence electrons. The summed E-state index contributed by atoms with van der Waals surface area (Å²) in [5.41, 5.74) is 0. The number of allylic oxidation sites excluding steroid dienone is 1. The second-order valence-corrected chi connectivity index (χ2v) is 3.05. The van der Waals surface area contributed by atoms with E-state index in [0.29, 0.717) is 13.0 Å². The molecule has 0 saturated carbocycles. The van der Waals surface area contributed by atoms with E-state index in [1.54, 1.807) is 0 Å². The molecule has 0 aromatic rings. The maximum absolute atomic E-state index is 10.9. The van der Waals surface area contributed by atoms with E-state index in [0.717, 1.165) is 19.3 Å². The van der Waals surface area contributed by atoms with Crippen molar-refractivity contribution in [3.8, 4) is 0 Å². The number of unbranched alkanes of at least 4 members (excludes halogenated alkanes) is 4. The lowest BCUT2D eigenvalue weighted by Crippen LogP contribution is -2.02. The Balaban J connectivity index is 0. The Morgan fingerprint density at radius 3 is 2.50 bits per heavy atom. The minimum atomic E-state index is -0.0637. The summed E-state index contributed by atoms with van der Waals surface area (Å²) in [5.74, 6) is -0.0637. The lowest BCUT2D eigenvalue weighted by atomic mass is 10.1. The highest BCUT2D eigenvalue weighted by Gasteiger charge is 1.99. The molecule has 0 rings (SSSR count). The first kappa shape index (κ1) is 15.9. The molecule has 0 bridgehead atoms. The zero-order valence-corrected chi connectivity index (χ0v) is 9.78. The lowest BCUT2D eigenvalue weighted by molar-refractivity contribution is -0.143. The van der Waals surface area contributed by atoms with Gasteiger partial charge in [0.25, 0.3) is 0 Å². The summed E-state index contributed by atoms with van der Waals surface area (Å²) in [6.07, 6.45) is 8.03. The van der Waals surface area contributed by atoms with E-state index in [1.807, 2.05) is 13.0 Å². The van der Waals surface area contributed by atoms with Crippen molar-refractivity contribution < 1.29 is 9.53 Å². The fourth-order valence-electron chi connectivity index (χ4n) is 1.14. The topological polar surface area (TPSA) is 26.3 Å². The minimum Gasteiger partial charge on any atom is -0.466 e. The van der Waals surface area contributed by atoms with Crippen LogP contribution >= 0.6 is 12.4 Å². The van der Waals surface area contributed by atoms with Crippen LogP contribution in [0.4, 0.5) is 0 Å². The van der Waals surface area contributed by atoms with Crippen LogP contribution in [0, 0.1) is 0 Å². The molecule has 0 radical (unpaired) electrons. The number of esters is 1. The normalized spacial score (nSPS) is 8.93. The molecule has 14 heavy (non-hydrogen) atoms. The third kappa shape index (κ3) is 11.5. The number of carbonyl (C=O) groups excluding carboxylic acids is 1. The summed E-state index contributed by atoms with van der Waals surface area (Å²) in [5, 5.41) is 0. The van der Waals surface area contributed by atoms with Crippen molar-refractivity contribution in [2.45, 2.75) is 45.4 Å². The predicted molar refractivity (Wildman–Crippen MR) is 61.8 cm³/mol. The fourth-order valence-corrected chi connectivity index (χ4v) is 1.14. The van der Waals surface area contributed by atoms with E-state index >= 15 is 0 Å². The molecule has 0 aromatic carbocycles. The van der Waals surface area contributed by atoms with Gasteiger partial charge < -0.3 is 4.74 Å². The second kappa shape index (κ2) is 12.5. The number of hydrogen-bond donors (Lipinski definition) is 0. The van der Waals surface area contributed by atoms with E-state index < -0.39 is 0 Å². The van der Waals surface area contributed by atoms with Gasteiger partial charge in [0.2, 0.25) is 0 Å². The Hall–Kier alpha value is -0.500. The highest BCUT2D eigenvalue weighted by Crippen LogP contribution is 2.06. The van der Waals surface area contributed by atoms with Crippen molar-refractivity contribution in [2.24, 2.45) is 0 Å². The van der Waals surface area contributed by atoms with E-state index in [1.165, 1.54) is 12.8 Å². The lowest BCUT2D eigenvalue weighted by Gasteiger charge is -2.00. The average Bonchev–Trinajstić information content (AvgIpc) is 2.11. The molecule has 0 spiro atoms. The quantitative estimate of drug-likeness (QED) is 0.356. The molecule has 3 heteroatoms. The summed E-state index contributed by atoms with van der Waals surface area (Å²) < 4.78 is 4.81. The Kier molecular flexibility index (Phi) is 14.2. The largest absolute Gasteiger partial charge is 0.466 e. The zero-order chi connectivity index (χ0) is 9.94. The predicted octanol–water partition coefficient (Wildman–Crippen LogP) is 3.50. The van der Waals surface area contributed by atoms with Crippen LogP contribution in [0.1, 0.15) is 45.4 Å². The third-order valence-corrected chi connectivity index (χ3v) is 1.84. The van der Waals surface area contributed by atoms with Crippen molar-refractivity contribution in [3.05, 3.63) is 12.7 Å². The molecule has 0 saturated heterocycles. The van der Waals surface area contributed by atoms with Crippen LogP contribution in [0.5, 0.6) is 0 Å². The minimum absolute atomic E-state index is 0. The fraction of sp³-hybridized carbons (Fsp3) is 0.727. The monoisotopic (exact) mass is 220 g/mol. The molecule has 0 aromatic heterocycles. The van der Waals surface area contributed by atoms with Gasteiger partial charge in [-0.05, 0) is 26.2 Å². The van der Waals surface area contributed by atoms with Crippen LogP contribution < -0.4 is 0 Å². The van der Waals surface area contributed by atoms with Gasteiger partial charge in [-0.3, -0.25) is 4.79 Å². The Labute approximate surface area is 93.1 Å².